The zero-order valence-electron chi connectivity index (χ0n) is 14.6. The molecule has 1 fully saturated rings. The minimum absolute atomic E-state index is 0.162. The van der Waals surface area contributed by atoms with Crippen molar-refractivity contribution in [3.05, 3.63) is 17.6 Å². The molecule has 0 spiro atoms. The van der Waals surface area contributed by atoms with Crippen LogP contribution >= 0.6 is 11.8 Å². The highest BCUT2D eigenvalue weighted by molar-refractivity contribution is 7.98. The average Bonchev–Trinajstić information content (AvgIpc) is 3.30. The quantitative estimate of drug-likeness (QED) is 0.793. The van der Waals surface area contributed by atoms with Crippen LogP contribution in [0.25, 0.3) is 11.5 Å². The summed E-state index contributed by atoms with van der Waals surface area (Å²) in [6, 6.07) is 2.19. The molecule has 24 heavy (non-hydrogen) atoms. The van der Waals surface area contributed by atoms with Crippen molar-refractivity contribution >= 4 is 11.8 Å². The third-order valence-corrected chi connectivity index (χ3v) is 5.30. The summed E-state index contributed by atoms with van der Waals surface area (Å²) in [5.41, 5.74) is 2.21. The van der Waals surface area contributed by atoms with Crippen LogP contribution in [-0.4, -0.2) is 48.3 Å². The largest absolute Gasteiger partial charge is 0.396 e. The van der Waals surface area contributed by atoms with E-state index < -0.39 is 0 Å². The number of aliphatic hydroxyl groups is 1. The first kappa shape index (κ1) is 17.5. The van der Waals surface area contributed by atoms with Gasteiger partial charge in [-0.05, 0) is 31.6 Å². The van der Waals surface area contributed by atoms with Gasteiger partial charge in [0, 0.05) is 44.0 Å². The van der Waals surface area contributed by atoms with Gasteiger partial charge in [0.15, 0.2) is 11.6 Å². The lowest BCUT2D eigenvalue weighted by Gasteiger charge is -2.07. The fourth-order valence-electron chi connectivity index (χ4n) is 3.45. The summed E-state index contributed by atoms with van der Waals surface area (Å²) in [7, 11) is 2.03. The van der Waals surface area contributed by atoms with Crippen molar-refractivity contribution in [1.82, 2.24) is 24.5 Å². The van der Waals surface area contributed by atoms with Crippen molar-refractivity contribution in [3.8, 4) is 11.5 Å². The summed E-state index contributed by atoms with van der Waals surface area (Å²) in [5.74, 6) is 3.34. The Labute approximate surface area is 147 Å². The molecule has 0 aliphatic heterocycles. The Hall–Kier alpha value is -1.34. The molecular formula is C17H27N5OS. The molecule has 0 bridgehead atoms. The van der Waals surface area contributed by atoms with Crippen LogP contribution < -0.4 is 0 Å². The number of aliphatic hydroxyl groups excluding tert-OH is 1. The molecule has 0 saturated heterocycles. The van der Waals surface area contributed by atoms with E-state index in [1.165, 1.54) is 31.4 Å². The number of aromatic nitrogens is 5. The highest BCUT2D eigenvalue weighted by Crippen LogP contribution is 2.35. The number of hydrogen-bond donors (Lipinski definition) is 1. The van der Waals surface area contributed by atoms with Gasteiger partial charge in [-0.15, -0.1) is 0 Å². The Morgan fingerprint density at radius 2 is 2.08 bits per heavy atom. The molecule has 0 unspecified atom stereocenters. The number of aryl methyl sites for hydroxylation is 3. The summed E-state index contributed by atoms with van der Waals surface area (Å²) in [6.45, 7) is 0.836. The van der Waals surface area contributed by atoms with Gasteiger partial charge in [0.25, 0.3) is 0 Å². The zero-order valence-corrected chi connectivity index (χ0v) is 15.4. The van der Waals surface area contributed by atoms with Crippen LogP contribution in [0.4, 0.5) is 0 Å². The minimum atomic E-state index is 0.162. The molecule has 1 aliphatic rings. The van der Waals surface area contributed by atoms with Crippen LogP contribution in [0.5, 0.6) is 0 Å². The van der Waals surface area contributed by atoms with E-state index in [1.54, 1.807) is 11.8 Å². The van der Waals surface area contributed by atoms with E-state index in [-0.39, 0.29) is 6.61 Å². The lowest BCUT2D eigenvalue weighted by Crippen LogP contribution is -2.05. The Kier molecular flexibility index (Phi) is 5.94. The highest BCUT2D eigenvalue weighted by atomic mass is 32.2. The molecular weight excluding hydrogens is 322 g/mol. The summed E-state index contributed by atoms with van der Waals surface area (Å²) in [5, 5.41) is 18.5. The molecule has 1 saturated carbocycles. The number of nitrogens with zero attached hydrogens (tertiary/aromatic N) is 5. The van der Waals surface area contributed by atoms with Crippen molar-refractivity contribution in [3.63, 3.8) is 0 Å². The van der Waals surface area contributed by atoms with Crippen LogP contribution in [0.1, 0.15) is 49.5 Å². The molecule has 1 aliphatic carbocycles. The van der Waals surface area contributed by atoms with Crippen molar-refractivity contribution in [2.75, 3.05) is 18.6 Å². The summed E-state index contributed by atoms with van der Waals surface area (Å²) < 4.78 is 3.92. The van der Waals surface area contributed by atoms with Gasteiger partial charge >= 0.3 is 0 Å². The van der Waals surface area contributed by atoms with Gasteiger partial charge in [-0.2, -0.15) is 22.0 Å². The predicted octanol–water partition coefficient (Wildman–Crippen LogP) is 2.62. The Morgan fingerprint density at radius 3 is 2.79 bits per heavy atom. The van der Waals surface area contributed by atoms with E-state index in [1.807, 2.05) is 16.4 Å². The van der Waals surface area contributed by atoms with Crippen molar-refractivity contribution in [2.45, 2.75) is 51.0 Å². The monoisotopic (exact) mass is 349 g/mol. The Bertz CT molecular complexity index is 660. The molecule has 0 aromatic carbocycles. The van der Waals surface area contributed by atoms with E-state index in [9.17, 15) is 0 Å². The van der Waals surface area contributed by atoms with Gasteiger partial charge in [0.05, 0.1) is 0 Å². The Morgan fingerprint density at radius 1 is 1.29 bits per heavy atom. The van der Waals surface area contributed by atoms with E-state index >= 15 is 0 Å². The molecule has 2 aromatic rings. The molecule has 2 heterocycles. The van der Waals surface area contributed by atoms with Crippen LogP contribution in [0, 0.1) is 0 Å². The molecule has 0 amide bonds. The molecule has 7 heteroatoms. The van der Waals surface area contributed by atoms with Gasteiger partial charge in [0.2, 0.25) is 0 Å². The second-order valence-electron chi connectivity index (χ2n) is 6.45. The molecule has 1 N–H and O–H groups in total. The standard InChI is InChI=1S/C17H27N5OS/c1-21-15(13-6-3-4-7-13)12-14(19-21)17-18-16(8-11-24-2)20-22(17)9-5-10-23/h12-13,23H,3-11H2,1-2H3. The maximum Gasteiger partial charge on any atom is 0.178 e. The summed E-state index contributed by atoms with van der Waals surface area (Å²) in [6.07, 6.45) is 8.79. The van der Waals surface area contributed by atoms with Gasteiger partial charge in [0.1, 0.15) is 5.69 Å². The van der Waals surface area contributed by atoms with Crippen LogP contribution in [0.15, 0.2) is 6.07 Å². The average molecular weight is 350 g/mol. The van der Waals surface area contributed by atoms with Crippen molar-refractivity contribution in [2.24, 2.45) is 7.05 Å². The molecule has 132 valence electrons. The second-order valence-corrected chi connectivity index (χ2v) is 7.44. The highest BCUT2D eigenvalue weighted by Gasteiger charge is 2.23. The molecule has 0 atom stereocenters. The number of rotatable bonds is 8. The topological polar surface area (TPSA) is 68.8 Å². The SMILES string of the molecule is CSCCc1nc(-c2cc(C3CCCC3)n(C)n2)n(CCCO)n1. The normalized spacial score (nSPS) is 15.5. The smallest absolute Gasteiger partial charge is 0.178 e. The fourth-order valence-corrected chi connectivity index (χ4v) is 3.84. The maximum absolute atomic E-state index is 9.14. The molecule has 0 radical (unpaired) electrons. The molecule has 6 nitrogen and oxygen atoms in total. The minimum Gasteiger partial charge on any atom is -0.396 e. The first-order chi connectivity index (χ1) is 11.7. The summed E-state index contributed by atoms with van der Waals surface area (Å²) >= 11 is 1.80. The third kappa shape index (κ3) is 3.83. The third-order valence-electron chi connectivity index (χ3n) is 4.69. The van der Waals surface area contributed by atoms with Gasteiger partial charge in [-0.1, -0.05) is 12.8 Å². The first-order valence-electron chi connectivity index (χ1n) is 8.80. The molecule has 2 aromatic heterocycles. The van der Waals surface area contributed by atoms with Crippen LogP contribution in [-0.2, 0) is 20.0 Å². The maximum atomic E-state index is 9.14. The predicted molar refractivity (Wildman–Crippen MR) is 97.2 cm³/mol. The molecule has 3 rings (SSSR count). The lowest BCUT2D eigenvalue weighted by atomic mass is 10.0. The van der Waals surface area contributed by atoms with Crippen molar-refractivity contribution in [1.29, 1.82) is 0 Å². The van der Waals surface area contributed by atoms with Gasteiger partial charge in [-0.25, -0.2) is 9.67 Å². The van der Waals surface area contributed by atoms with Gasteiger partial charge < -0.3 is 5.11 Å². The first-order valence-corrected chi connectivity index (χ1v) is 10.2. The van der Waals surface area contributed by atoms with E-state index in [4.69, 9.17) is 15.2 Å². The van der Waals surface area contributed by atoms with E-state index in [0.29, 0.717) is 18.9 Å². The van der Waals surface area contributed by atoms with Crippen LogP contribution in [0.2, 0.25) is 0 Å². The fraction of sp³-hybridized carbons (Fsp3) is 0.706. The Balaban J connectivity index is 1.88. The van der Waals surface area contributed by atoms with Crippen LogP contribution in [0.3, 0.4) is 0 Å². The summed E-state index contributed by atoms with van der Waals surface area (Å²) in [4.78, 5) is 4.73. The number of thioether (sulfide) groups is 1. The zero-order chi connectivity index (χ0) is 16.9. The van der Waals surface area contributed by atoms with Crippen molar-refractivity contribution < 1.29 is 5.11 Å². The van der Waals surface area contributed by atoms with Gasteiger partial charge in [-0.3, -0.25) is 4.68 Å². The number of hydrogen-bond acceptors (Lipinski definition) is 5. The second kappa shape index (κ2) is 8.16. The van der Waals surface area contributed by atoms with E-state index in [0.717, 1.165) is 29.5 Å². The lowest BCUT2D eigenvalue weighted by molar-refractivity contribution is 0.277. The van der Waals surface area contributed by atoms with E-state index in [2.05, 4.69) is 17.4 Å².